The Labute approximate surface area is 80.7 Å². The van der Waals surface area contributed by atoms with Gasteiger partial charge in [0.1, 0.15) is 0 Å². The van der Waals surface area contributed by atoms with Gasteiger partial charge in [-0.25, -0.2) is 0 Å². The third-order valence-corrected chi connectivity index (χ3v) is 1.85. The lowest BCUT2D eigenvalue weighted by Crippen LogP contribution is -2.03. The molecule has 0 aliphatic rings. The first-order valence-electron chi connectivity index (χ1n) is 4.82. The highest BCUT2D eigenvalue weighted by Crippen LogP contribution is 2.11. The second kappa shape index (κ2) is 5.76. The van der Waals surface area contributed by atoms with Crippen molar-refractivity contribution >= 4 is 0 Å². The monoisotopic (exact) mass is 177 g/mol. The summed E-state index contributed by atoms with van der Waals surface area (Å²) in [7, 11) is 0. The maximum absolute atomic E-state index is 5.51. The molecule has 0 atom stereocenters. The number of ether oxygens (including phenoxy) is 1. The van der Waals surface area contributed by atoms with Crippen LogP contribution in [-0.4, -0.2) is 6.61 Å². The van der Waals surface area contributed by atoms with Crippen molar-refractivity contribution in [3.8, 4) is 0 Å². The van der Waals surface area contributed by atoms with E-state index in [1.165, 1.54) is 5.56 Å². The van der Waals surface area contributed by atoms with Crippen molar-refractivity contribution < 1.29 is 4.74 Å². The molecule has 1 nitrogen and oxygen atoms in total. The molecule has 1 rings (SSSR count). The Bertz CT molecular complexity index is 218. The molecule has 13 heavy (non-hydrogen) atoms. The van der Waals surface area contributed by atoms with E-state index in [0.29, 0.717) is 0 Å². The van der Waals surface area contributed by atoms with Crippen molar-refractivity contribution in [1.29, 1.82) is 0 Å². The minimum absolute atomic E-state index is 0.832. The molecule has 0 spiro atoms. The molecule has 0 aliphatic carbocycles. The fraction of sp³-hybridized carbons (Fsp3) is 0.417. The maximum Gasteiger partial charge on any atom is 0.0983 e. The molecule has 0 saturated carbocycles. The zero-order valence-corrected chi connectivity index (χ0v) is 8.42. The Balaban J connectivity index is 2.32. The highest BCUT2D eigenvalue weighted by molar-refractivity contribution is 5.17. The van der Waals surface area contributed by atoms with Gasteiger partial charge in [0, 0.05) is 13.0 Å². The minimum Gasteiger partial charge on any atom is -0.372 e. The molecular formula is C12H17O. The average Bonchev–Trinajstić information content (AvgIpc) is 2.16. The average molecular weight is 177 g/mol. The lowest BCUT2D eigenvalue weighted by Gasteiger charge is -2.10. The van der Waals surface area contributed by atoms with E-state index in [4.69, 9.17) is 4.74 Å². The van der Waals surface area contributed by atoms with Crippen LogP contribution in [0.1, 0.15) is 25.8 Å². The summed E-state index contributed by atoms with van der Waals surface area (Å²) >= 11 is 0. The second-order valence-corrected chi connectivity index (χ2v) is 3.21. The summed E-state index contributed by atoms with van der Waals surface area (Å²) in [5, 5.41) is 0. The van der Waals surface area contributed by atoms with Gasteiger partial charge >= 0.3 is 0 Å². The van der Waals surface area contributed by atoms with E-state index >= 15 is 0 Å². The van der Waals surface area contributed by atoms with Gasteiger partial charge in [0.2, 0.25) is 0 Å². The minimum atomic E-state index is 0.832. The van der Waals surface area contributed by atoms with Gasteiger partial charge in [-0.2, -0.15) is 0 Å². The fourth-order valence-corrected chi connectivity index (χ4v) is 1.21. The smallest absolute Gasteiger partial charge is 0.0983 e. The molecule has 1 aromatic carbocycles. The molecular weight excluding hydrogens is 160 g/mol. The van der Waals surface area contributed by atoms with E-state index in [-0.39, 0.29) is 0 Å². The highest BCUT2D eigenvalue weighted by atomic mass is 16.5. The van der Waals surface area contributed by atoms with Crippen molar-refractivity contribution in [2.75, 3.05) is 6.61 Å². The second-order valence-electron chi connectivity index (χ2n) is 3.21. The van der Waals surface area contributed by atoms with Crippen molar-refractivity contribution in [2.45, 2.75) is 26.7 Å². The summed E-state index contributed by atoms with van der Waals surface area (Å²) in [6.07, 6.45) is 3.11. The molecule has 1 aromatic rings. The first kappa shape index (κ1) is 10.3. The maximum atomic E-state index is 5.51. The third-order valence-electron chi connectivity index (χ3n) is 1.85. The predicted octanol–water partition coefficient (Wildman–Crippen LogP) is 3.21. The molecule has 0 fully saturated rings. The summed E-state index contributed by atoms with van der Waals surface area (Å²) in [6.45, 7) is 5.00. The lowest BCUT2D eigenvalue weighted by atomic mass is 10.1. The zero-order chi connectivity index (χ0) is 9.52. The van der Waals surface area contributed by atoms with Crippen molar-refractivity contribution in [2.24, 2.45) is 0 Å². The van der Waals surface area contributed by atoms with Gasteiger partial charge in [0.25, 0.3) is 0 Å². The summed E-state index contributed by atoms with van der Waals surface area (Å²) in [5.41, 5.74) is 1.32. The Morgan fingerprint density at radius 3 is 2.54 bits per heavy atom. The molecule has 0 bridgehead atoms. The largest absolute Gasteiger partial charge is 0.372 e. The topological polar surface area (TPSA) is 9.23 Å². The van der Waals surface area contributed by atoms with Gasteiger partial charge < -0.3 is 4.74 Å². The van der Waals surface area contributed by atoms with Crippen LogP contribution in [-0.2, 0) is 11.2 Å². The SMILES string of the molecule is CCCO[C](C)Cc1ccccc1. The van der Waals surface area contributed by atoms with Crippen molar-refractivity contribution in [3.63, 3.8) is 0 Å². The van der Waals surface area contributed by atoms with E-state index in [1.54, 1.807) is 0 Å². The highest BCUT2D eigenvalue weighted by Gasteiger charge is 2.03. The summed E-state index contributed by atoms with van der Waals surface area (Å²) in [4.78, 5) is 0. The Morgan fingerprint density at radius 1 is 1.23 bits per heavy atom. The first-order valence-corrected chi connectivity index (χ1v) is 4.82. The van der Waals surface area contributed by atoms with Gasteiger partial charge in [-0.3, -0.25) is 0 Å². The Hall–Kier alpha value is -0.820. The van der Waals surface area contributed by atoms with E-state index in [9.17, 15) is 0 Å². The summed E-state index contributed by atoms with van der Waals surface area (Å²) in [6, 6.07) is 10.4. The molecule has 0 amide bonds. The Kier molecular flexibility index (Phi) is 4.55. The van der Waals surface area contributed by atoms with E-state index in [0.717, 1.165) is 25.6 Å². The van der Waals surface area contributed by atoms with Crippen LogP contribution in [0.5, 0.6) is 0 Å². The van der Waals surface area contributed by atoms with Crippen LogP contribution >= 0.6 is 0 Å². The predicted molar refractivity (Wildman–Crippen MR) is 55.3 cm³/mol. The quantitative estimate of drug-likeness (QED) is 0.671. The van der Waals surface area contributed by atoms with Crippen LogP contribution in [0.2, 0.25) is 0 Å². The van der Waals surface area contributed by atoms with Crippen LogP contribution in [0.25, 0.3) is 0 Å². The van der Waals surface area contributed by atoms with Crippen LogP contribution in [0, 0.1) is 6.10 Å². The number of rotatable bonds is 5. The zero-order valence-electron chi connectivity index (χ0n) is 8.42. The van der Waals surface area contributed by atoms with E-state index in [2.05, 4.69) is 31.2 Å². The molecule has 0 heterocycles. The molecule has 1 radical (unpaired) electrons. The number of benzene rings is 1. The Morgan fingerprint density at radius 2 is 1.92 bits per heavy atom. The molecule has 0 aliphatic heterocycles. The summed E-state index contributed by atoms with van der Waals surface area (Å²) in [5.74, 6) is 0. The third kappa shape index (κ3) is 4.09. The van der Waals surface area contributed by atoms with Crippen molar-refractivity contribution in [1.82, 2.24) is 0 Å². The standard InChI is InChI=1S/C12H17O/c1-3-9-13-11(2)10-12-7-5-4-6-8-12/h4-8H,3,9-10H2,1-2H3. The molecule has 0 aromatic heterocycles. The lowest BCUT2D eigenvalue weighted by molar-refractivity contribution is 0.147. The van der Waals surface area contributed by atoms with Crippen LogP contribution in [0.15, 0.2) is 30.3 Å². The van der Waals surface area contributed by atoms with Gasteiger partial charge in [0.15, 0.2) is 0 Å². The van der Waals surface area contributed by atoms with Gasteiger partial charge in [-0.05, 0) is 18.9 Å². The molecule has 0 N–H and O–H groups in total. The van der Waals surface area contributed by atoms with Crippen molar-refractivity contribution in [3.05, 3.63) is 42.0 Å². The molecule has 0 saturated heterocycles. The molecule has 0 unspecified atom stereocenters. The van der Waals surface area contributed by atoms with E-state index in [1.807, 2.05) is 13.0 Å². The summed E-state index contributed by atoms with van der Waals surface area (Å²) < 4.78 is 5.51. The van der Waals surface area contributed by atoms with Gasteiger partial charge in [-0.1, -0.05) is 37.3 Å². The fourth-order valence-electron chi connectivity index (χ4n) is 1.21. The first-order chi connectivity index (χ1) is 6.33. The van der Waals surface area contributed by atoms with E-state index < -0.39 is 0 Å². The van der Waals surface area contributed by atoms with Gasteiger partial charge in [0.05, 0.1) is 6.10 Å². The molecule has 71 valence electrons. The normalized spacial score (nSPS) is 10.7. The van der Waals surface area contributed by atoms with Crippen LogP contribution < -0.4 is 0 Å². The molecule has 1 heteroatoms. The number of hydrogen-bond donors (Lipinski definition) is 0. The number of hydrogen-bond acceptors (Lipinski definition) is 1. The van der Waals surface area contributed by atoms with Crippen LogP contribution in [0.4, 0.5) is 0 Å². The van der Waals surface area contributed by atoms with Crippen LogP contribution in [0.3, 0.4) is 0 Å². The van der Waals surface area contributed by atoms with Gasteiger partial charge in [-0.15, -0.1) is 0 Å².